The van der Waals surface area contributed by atoms with Gasteiger partial charge >= 0.3 is 0 Å². The van der Waals surface area contributed by atoms with Crippen LogP contribution in [0.5, 0.6) is 11.5 Å². The summed E-state index contributed by atoms with van der Waals surface area (Å²) in [5, 5.41) is 9.44. The first-order chi connectivity index (χ1) is 20.6. The van der Waals surface area contributed by atoms with Gasteiger partial charge in [0.1, 0.15) is 11.5 Å². The van der Waals surface area contributed by atoms with Gasteiger partial charge in [-0.1, -0.05) is 84.9 Å². The second-order valence-electron chi connectivity index (χ2n) is 9.37. The Labute approximate surface area is 244 Å². The summed E-state index contributed by atoms with van der Waals surface area (Å²) in [5.41, 5.74) is 2.76. The smallest absolute Gasteiger partial charge is 0.256 e. The second-order valence-corrected chi connectivity index (χ2v) is 9.37. The van der Waals surface area contributed by atoms with Gasteiger partial charge in [0.15, 0.2) is 0 Å². The molecule has 208 valence electrons. The Morgan fingerprint density at radius 2 is 0.810 bits per heavy atom. The molecule has 6 nitrogen and oxygen atoms in total. The van der Waals surface area contributed by atoms with Gasteiger partial charge < -0.3 is 20.1 Å². The molecule has 6 rings (SSSR count). The van der Waals surface area contributed by atoms with Crippen LogP contribution in [-0.4, -0.2) is 26.0 Å². The Hall–Kier alpha value is -5.62. The van der Waals surface area contributed by atoms with Gasteiger partial charge in [0, 0.05) is 22.1 Å². The molecule has 6 heteroatoms. The molecule has 0 aliphatic heterocycles. The zero-order valence-corrected chi connectivity index (χ0v) is 23.3. The summed E-state index contributed by atoms with van der Waals surface area (Å²) in [7, 11) is 3.22. The molecule has 42 heavy (non-hydrogen) atoms. The van der Waals surface area contributed by atoms with E-state index in [4.69, 9.17) is 9.47 Å². The molecule has 0 aliphatic carbocycles. The Morgan fingerprint density at radius 3 is 1.17 bits per heavy atom. The highest BCUT2D eigenvalue weighted by Crippen LogP contribution is 2.30. The summed E-state index contributed by atoms with van der Waals surface area (Å²) in [6.45, 7) is 0. The molecule has 0 saturated heterocycles. The maximum absolute atomic E-state index is 12.5. The minimum atomic E-state index is -0.142. The number of ether oxygens (including phenoxy) is 2. The van der Waals surface area contributed by atoms with Gasteiger partial charge in [-0.15, -0.1) is 0 Å². The highest BCUT2D eigenvalue weighted by atomic mass is 16.5. The number of methoxy groups -OCH3 is 2. The monoisotopic (exact) mass is 554 g/mol. The third-order valence-electron chi connectivity index (χ3n) is 6.73. The Kier molecular flexibility index (Phi) is 8.75. The third-order valence-corrected chi connectivity index (χ3v) is 6.73. The number of hydrogen-bond donors (Lipinski definition) is 2. The van der Waals surface area contributed by atoms with Crippen LogP contribution in [0.1, 0.15) is 20.7 Å². The van der Waals surface area contributed by atoms with Crippen LogP contribution in [0.25, 0.3) is 21.5 Å². The molecule has 0 radical (unpaired) electrons. The van der Waals surface area contributed by atoms with Gasteiger partial charge in [-0.05, 0) is 59.3 Å². The molecular weight excluding hydrogens is 524 g/mol. The summed E-state index contributed by atoms with van der Waals surface area (Å²) in [4.78, 5) is 25.1. The number of amides is 2. The van der Waals surface area contributed by atoms with Crippen LogP contribution in [0.2, 0.25) is 0 Å². The lowest BCUT2D eigenvalue weighted by molar-refractivity contribution is 0.102. The van der Waals surface area contributed by atoms with Gasteiger partial charge in [-0.2, -0.15) is 0 Å². The molecule has 0 fully saturated rings. The molecule has 0 aromatic heterocycles. The van der Waals surface area contributed by atoms with E-state index in [-0.39, 0.29) is 11.8 Å². The first-order valence-corrected chi connectivity index (χ1v) is 13.4. The maximum Gasteiger partial charge on any atom is 0.256 e. The molecule has 6 aromatic rings. The van der Waals surface area contributed by atoms with E-state index in [1.54, 1.807) is 14.2 Å². The predicted octanol–water partition coefficient (Wildman–Crippen LogP) is 8.20. The fourth-order valence-electron chi connectivity index (χ4n) is 4.77. The Balaban J connectivity index is 0.000000168. The van der Waals surface area contributed by atoms with E-state index in [0.29, 0.717) is 22.6 Å². The molecule has 0 spiro atoms. The molecule has 2 N–H and O–H groups in total. The number of anilines is 2. The summed E-state index contributed by atoms with van der Waals surface area (Å²) in [6, 6.07) is 41.6. The van der Waals surface area contributed by atoms with Crippen molar-refractivity contribution in [3.8, 4) is 11.5 Å². The fraction of sp³-hybridized carbons (Fsp3) is 0.0556. The number of rotatable bonds is 6. The van der Waals surface area contributed by atoms with Gasteiger partial charge in [0.05, 0.1) is 25.3 Å². The molecule has 0 aliphatic rings. The topological polar surface area (TPSA) is 76.7 Å². The van der Waals surface area contributed by atoms with Crippen LogP contribution in [0, 0.1) is 0 Å². The zero-order valence-electron chi connectivity index (χ0n) is 23.3. The summed E-state index contributed by atoms with van der Waals surface area (Å²) < 4.78 is 10.8. The molecule has 0 unspecified atom stereocenters. The standard InChI is InChI=1S/2C18H15NO2/c2*1-21-16-12-6-8-13-7-5-11-15(17(13)16)18(20)19-14-9-3-2-4-10-14/h2*2-12H,1H3,(H,19,20). The number of nitrogens with one attached hydrogen (secondary N) is 2. The van der Waals surface area contributed by atoms with E-state index >= 15 is 0 Å². The van der Waals surface area contributed by atoms with Crippen LogP contribution in [0.15, 0.2) is 133 Å². The van der Waals surface area contributed by atoms with Crippen molar-refractivity contribution in [3.63, 3.8) is 0 Å². The number of para-hydroxylation sites is 2. The zero-order chi connectivity index (χ0) is 29.3. The Bertz CT molecular complexity index is 1690. The van der Waals surface area contributed by atoms with E-state index < -0.39 is 0 Å². The lowest BCUT2D eigenvalue weighted by Gasteiger charge is -2.11. The van der Waals surface area contributed by atoms with Crippen LogP contribution in [0.4, 0.5) is 11.4 Å². The van der Waals surface area contributed by atoms with Crippen LogP contribution in [0.3, 0.4) is 0 Å². The minimum Gasteiger partial charge on any atom is -0.496 e. The van der Waals surface area contributed by atoms with Crippen molar-refractivity contribution < 1.29 is 19.1 Å². The molecule has 0 atom stereocenters. The minimum absolute atomic E-state index is 0.142. The van der Waals surface area contributed by atoms with Gasteiger partial charge in [-0.3, -0.25) is 9.59 Å². The SMILES string of the molecule is COc1cccc2cccc(C(=O)Nc3ccccc3)c12.COc1cccc2cccc(C(=O)Nc3ccccc3)c12. The van der Waals surface area contributed by atoms with Crippen LogP contribution < -0.4 is 20.1 Å². The van der Waals surface area contributed by atoms with E-state index in [2.05, 4.69) is 10.6 Å². The van der Waals surface area contributed by atoms with Crippen molar-refractivity contribution in [2.24, 2.45) is 0 Å². The number of hydrogen-bond acceptors (Lipinski definition) is 4. The molecule has 2 amide bonds. The first-order valence-electron chi connectivity index (χ1n) is 13.4. The molecule has 6 aromatic carbocycles. The second kappa shape index (κ2) is 13.2. The fourth-order valence-corrected chi connectivity index (χ4v) is 4.77. The predicted molar refractivity (Wildman–Crippen MR) is 170 cm³/mol. The number of carbonyl (C=O) groups is 2. The molecule has 0 bridgehead atoms. The number of fused-ring (bicyclic) bond motifs is 2. The lowest BCUT2D eigenvalue weighted by atomic mass is 10.0. The van der Waals surface area contributed by atoms with Crippen LogP contribution in [-0.2, 0) is 0 Å². The first kappa shape index (κ1) is 27.9. The van der Waals surface area contributed by atoms with Gasteiger partial charge in [-0.25, -0.2) is 0 Å². The summed E-state index contributed by atoms with van der Waals surface area (Å²) in [5.74, 6) is 1.12. The summed E-state index contributed by atoms with van der Waals surface area (Å²) in [6.07, 6.45) is 0. The number of benzene rings is 6. The highest BCUT2D eigenvalue weighted by molar-refractivity contribution is 6.15. The van der Waals surface area contributed by atoms with Gasteiger partial charge in [0.25, 0.3) is 11.8 Å². The van der Waals surface area contributed by atoms with Crippen LogP contribution >= 0.6 is 0 Å². The van der Waals surface area contributed by atoms with Crippen molar-refractivity contribution in [3.05, 3.63) is 145 Å². The quantitative estimate of drug-likeness (QED) is 0.218. The third kappa shape index (κ3) is 6.24. The van der Waals surface area contributed by atoms with E-state index in [0.717, 1.165) is 32.9 Å². The van der Waals surface area contributed by atoms with Crippen molar-refractivity contribution >= 4 is 44.7 Å². The van der Waals surface area contributed by atoms with E-state index in [1.165, 1.54) is 0 Å². The highest BCUT2D eigenvalue weighted by Gasteiger charge is 2.15. The molecule has 0 saturated carbocycles. The number of carbonyl (C=O) groups excluding carboxylic acids is 2. The maximum atomic E-state index is 12.5. The average molecular weight is 555 g/mol. The van der Waals surface area contributed by atoms with Crippen molar-refractivity contribution in [2.45, 2.75) is 0 Å². The normalized spacial score (nSPS) is 10.3. The van der Waals surface area contributed by atoms with Crippen molar-refractivity contribution in [2.75, 3.05) is 24.9 Å². The molecular formula is C36H30N2O4. The average Bonchev–Trinajstić information content (AvgIpc) is 3.04. The van der Waals surface area contributed by atoms with Crippen molar-refractivity contribution in [1.29, 1.82) is 0 Å². The lowest BCUT2D eigenvalue weighted by Crippen LogP contribution is -2.12. The summed E-state index contributed by atoms with van der Waals surface area (Å²) >= 11 is 0. The van der Waals surface area contributed by atoms with E-state index in [1.807, 2.05) is 133 Å². The largest absolute Gasteiger partial charge is 0.496 e. The Morgan fingerprint density at radius 1 is 0.452 bits per heavy atom. The van der Waals surface area contributed by atoms with E-state index in [9.17, 15) is 9.59 Å². The van der Waals surface area contributed by atoms with Gasteiger partial charge in [0.2, 0.25) is 0 Å². The van der Waals surface area contributed by atoms with Crippen molar-refractivity contribution in [1.82, 2.24) is 0 Å². The molecule has 0 heterocycles.